The molecule has 12 rings (SSSR count). The van der Waals surface area contributed by atoms with Gasteiger partial charge in [0.25, 0.3) is 35.2 Å². The largest absolute Gasteiger partial charge is 0.494 e. The highest BCUT2D eigenvalue weighted by molar-refractivity contribution is 6.46. The number of amides is 4. The van der Waals surface area contributed by atoms with Crippen molar-refractivity contribution in [3.8, 4) is 45.6 Å². The van der Waals surface area contributed by atoms with Crippen molar-refractivity contribution < 1.29 is 61.3 Å². The number of aromatic amines is 2. The number of alkyl halides is 3. The Balaban J connectivity index is 0.000000207. The summed E-state index contributed by atoms with van der Waals surface area (Å²) < 4.78 is 52.8. The van der Waals surface area contributed by atoms with Gasteiger partial charge in [0.1, 0.15) is 11.5 Å². The molecule has 0 saturated carbocycles. The van der Waals surface area contributed by atoms with Crippen LogP contribution in [0.15, 0.2) is 159 Å². The summed E-state index contributed by atoms with van der Waals surface area (Å²) in [5.41, 5.74) is 3.78. The minimum absolute atomic E-state index is 0. The topological polar surface area (TPSA) is 264 Å². The number of Topliss-reactive ketones (excluding diaryl/α,β-unsaturated/α-hetero) is 2. The van der Waals surface area contributed by atoms with Gasteiger partial charge in [-0.15, -0.1) is 0 Å². The molecule has 456 valence electrons. The number of carboxylic acids is 1. The van der Waals surface area contributed by atoms with Crippen LogP contribution >= 0.6 is 0 Å². The predicted octanol–water partition coefficient (Wildman–Crippen LogP) is 9.17. The Bertz CT molecular complexity index is 4260. The van der Waals surface area contributed by atoms with Crippen molar-refractivity contribution in [3.05, 3.63) is 192 Å². The molecule has 25 heteroatoms. The van der Waals surface area contributed by atoms with E-state index in [1.54, 1.807) is 95.0 Å². The number of pyridine rings is 2. The maximum Gasteiger partial charge on any atom is 0.416 e. The number of hydrogen-bond acceptors (Lipinski definition) is 13. The maximum absolute atomic E-state index is 13.5. The summed E-state index contributed by atoms with van der Waals surface area (Å²) in [5.74, 6) is -2.85. The SMILES string of the molecule is C.C.COc1cnc(-n2ccc(-c3ccc(C(=O)O)cc3)n2)c2[nH]cc(C(=O)C(=O)N3CCN(C(=O)c4ccccc4)CC3)c12.COc1cnc(-n2ccc(-c3ccc(C(F)(F)F)cc3)n2)c2[nH]cc(C(=O)C(=O)N3CCN(C(=O)c4ccccc4)CC3)c12. The van der Waals surface area contributed by atoms with Gasteiger partial charge in [-0.1, -0.05) is 75.5 Å². The molecule has 10 aromatic rings. The molecule has 2 aliphatic heterocycles. The number of aromatic carboxylic acids is 1. The van der Waals surface area contributed by atoms with Gasteiger partial charge in [-0.2, -0.15) is 23.4 Å². The first kappa shape index (κ1) is 62.3. The predicted molar refractivity (Wildman–Crippen MR) is 322 cm³/mol. The van der Waals surface area contributed by atoms with Gasteiger partial charge in [-0.25, -0.2) is 24.1 Å². The maximum atomic E-state index is 13.5. The highest BCUT2D eigenvalue weighted by Crippen LogP contribution is 2.35. The molecule has 4 amide bonds. The summed E-state index contributed by atoms with van der Waals surface area (Å²) in [6, 6.07) is 32.2. The van der Waals surface area contributed by atoms with Gasteiger partial charge in [0.2, 0.25) is 0 Å². The number of aromatic nitrogens is 8. The monoisotopic (exact) mass is 1210 g/mol. The molecule has 0 spiro atoms. The molecule has 89 heavy (non-hydrogen) atoms. The number of H-pyrrole nitrogens is 2. The van der Waals surface area contributed by atoms with E-state index in [-0.39, 0.29) is 75.3 Å². The Morgan fingerprint density at radius 3 is 1.22 bits per heavy atom. The summed E-state index contributed by atoms with van der Waals surface area (Å²) in [4.78, 5) is 112. The second-order valence-corrected chi connectivity index (χ2v) is 20.0. The molecule has 0 atom stereocenters. The minimum atomic E-state index is -4.45. The highest BCUT2D eigenvalue weighted by atomic mass is 19.4. The third-order valence-electron chi connectivity index (χ3n) is 14.9. The van der Waals surface area contributed by atoms with E-state index in [1.807, 2.05) is 12.1 Å². The zero-order valence-electron chi connectivity index (χ0n) is 46.4. The van der Waals surface area contributed by atoms with Gasteiger partial charge >= 0.3 is 12.1 Å². The van der Waals surface area contributed by atoms with Crippen LogP contribution in [-0.4, -0.2) is 172 Å². The molecular formula is C64H59F3N12O10. The van der Waals surface area contributed by atoms with E-state index in [4.69, 9.17) is 14.6 Å². The Kier molecular flexibility index (Phi) is 18.3. The van der Waals surface area contributed by atoms with Crippen molar-refractivity contribution in [2.45, 2.75) is 21.0 Å². The molecule has 4 aromatic carbocycles. The second-order valence-electron chi connectivity index (χ2n) is 20.0. The lowest BCUT2D eigenvalue weighted by Gasteiger charge is -2.34. The Labute approximate surface area is 506 Å². The number of halogens is 3. The number of carboxylic acid groups (broad SMARTS) is 1. The number of ether oxygens (including phenoxy) is 2. The van der Waals surface area contributed by atoms with E-state index in [9.17, 15) is 46.7 Å². The van der Waals surface area contributed by atoms with Crippen LogP contribution in [-0.2, 0) is 15.8 Å². The van der Waals surface area contributed by atoms with Crippen LogP contribution in [0, 0.1) is 0 Å². The number of fused-ring (bicyclic) bond motifs is 2. The van der Waals surface area contributed by atoms with E-state index in [2.05, 4.69) is 30.1 Å². The van der Waals surface area contributed by atoms with Gasteiger partial charge in [-0.3, -0.25) is 28.8 Å². The number of hydrogen-bond donors (Lipinski definition) is 3. The number of methoxy groups -OCH3 is 2. The van der Waals surface area contributed by atoms with Crippen molar-refractivity contribution in [1.29, 1.82) is 0 Å². The van der Waals surface area contributed by atoms with E-state index < -0.39 is 41.1 Å². The fourth-order valence-corrected chi connectivity index (χ4v) is 10.3. The molecule has 8 heterocycles. The summed E-state index contributed by atoms with van der Waals surface area (Å²) in [6.07, 6.45) is 4.57. The average Bonchev–Trinajstić information content (AvgIpc) is 1.69. The summed E-state index contributed by atoms with van der Waals surface area (Å²) >= 11 is 0. The molecule has 0 aliphatic carbocycles. The number of nitrogens with one attached hydrogen (secondary N) is 2. The van der Waals surface area contributed by atoms with Gasteiger partial charge in [0.15, 0.2) is 11.6 Å². The standard InChI is InChI=1S/C31H25F3N6O4.C31H26N6O6.2CH4/c1-44-24-18-36-28(40-12-11-23(37-40)19-7-9-21(10-8-19)31(32,33)34)26-25(24)22(17-35-26)27(41)30(43)39-15-13-38(14-16-39)29(42)20-5-3-2-4-6-20;1-43-24-18-33-28(37-12-11-23(34-37)19-7-9-21(10-8-19)31(41)42)26-25(24)22(17-32-26)27(38)30(40)36-15-13-35(14-16-36)29(39)20-5-3-2-4-6-20;;/h2-12,17-18,35H,13-16H2,1H3;2-12,17-18,32H,13-16H2,1H3,(H,41,42);2*1H4. The van der Waals surface area contributed by atoms with Crippen LogP contribution in [0.25, 0.3) is 56.0 Å². The van der Waals surface area contributed by atoms with Crippen LogP contribution in [0.5, 0.6) is 11.5 Å². The molecule has 0 bridgehead atoms. The number of rotatable bonds is 13. The number of benzene rings is 4. The van der Waals surface area contributed by atoms with Gasteiger partial charge in [0.05, 0.1) is 82.1 Å². The molecule has 2 saturated heterocycles. The first-order chi connectivity index (χ1) is 42.0. The van der Waals surface area contributed by atoms with Crippen molar-refractivity contribution in [2.24, 2.45) is 0 Å². The number of carbonyl (C=O) groups excluding carboxylic acids is 6. The Hall–Kier alpha value is -11.2. The molecule has 22 nitrogen and oxygen atoms in total. The lowest BCUT2D eigenvalue weighted by Crippen LogP contribution is -2.52. The van der Waals surface area contributed by atoms with Gasteiger partial charge in [-0.05, 0) is 60.7 Å². The molecule has 2 aliphatic rings. The normalized spacial score (nSPS) is 13.2. The van der Waals surface area contributed by atoms with Gasteiger partial charge in [0, 0.05) is 99.4 Å². The van der Waals surface area contributed by atoms with E-state index >= 15 is 0 Å². The lowest BCUT2D eigenvalue weighted by atomic mass is 10.1. The van der Waals surface area contributed by atoms with E-state index in [1.165, 1.54) is 82.4 Å². The lowest BCUT2D eigenvalue weighted by molar-refractivity contribution is -0.137. The zero-order valence-corrected chi connectivity index (χ0v) is 46.4. The molecular weight excluding hydrogens is 1150 g/mol. The minimum Gasteiger partial charge on any atom is -0.494 e. The fraction of sp³-hybridized carbons (Fsp3) is 0.203. The van der Waals surface area contributed by atoms with Crippen molar-refractivity contribution in [2.75, 3.05) is 66.6 Å². The smallest absolute Gasteiger partial charge is 0.416 e. The summed E-state index contributed by atoms with van der Waals surface area (Å²) in [6.45, 7) is 2.09. The van der Waals surface area contributed by atoms with Gasteiger partial charge < -0.3 is 44.1 Å². The molecule has 2 fully saturated rings. The second kappa shape index (κ2) is 26.2. The number of carbonyl (C=O) groups is 7. The quantitative estimate of drug-likeness (QED) is 0.0718. The zero-order chi connectivity index (χ0) is 61.1. The molecule has 0 unspecified atom stereocenters. The Morgan fingerprint density at radius 2 is 0.865 bits per heavy atom. The van der Waals surface area contributed by atoms with E-state index in [0.29, 0.717) is 99.0 Å². The number of ketones is 2. The first-order valence-electron chi connectivity index (χ1n) is 27.1. The first-order valence-corrected chi connectivity index (χ1v) is 27.1. The van der Waals surface area contributed by atoms with Crippen LogP contribution in [0.1, 0.15) is 72.2 Å². The summed E-state index contributed by atoms with van der Waals surface area (Å²) in [5, 5.41) is 19.0. The van der Waals surface area contributed by atoms with Crippen LogP contribution in [0.3, 0.4) is 0 Å². The van der Waals surface area contributed by atoms with Crippen molar-refractivity contribution in [3.63, 3.8) is 0 Å². The van der Waals surface area contributed by atoms with E-state index in [0.717, 1.165) is 12.1 Å². The van der Waals surface area contributed by atoms with Crippen LogP contribution in [0.2, 0.25) is 0 Å². The van der Waals surface area contributed by atoms with Crippen LogP contribution < -0.4 is 9.47 Å². The highest BCUT2D eigenvalue weighted by Gasteiger charge is 2.34. The fourth-order valence-electron chi connectivity index (χ4n) is 10.3. The van der Waals surface area contributed by atoms with Crippen LogP contribution in [0.4, 0.5) is 13.2 Å². The average molecular weight is 1210 g/mol. The number of nitrogens with zero attached hydrogens (tertiary/aromatic N) is 10. The Morgan fingerprint density at radius 1 is 0.494 bits per heavy atom. The molecule has 3 N–H and O–H groups in total. The molecule has 0 radical (unpaired) electrons. The van der Waals surface area contributed by atoms with Crippen molar-refractivity contribution in [1.82, 2.24) is 59.1 Å². The third kappa shape index (κ3) is 12.6. The third-order valence-corrected chi connectivity index (χ3v) is 14.9. The number of piperazine rings is 2. The summed E-state index contributed by atoms with van der Waals surface area (Å²) in [7, 11) is 2.87. The molecule has 6 aromatic heterocycles. The van der Waals surface area contributed by atoms with Crippen molar-refractivity contribution >= 4 is 63.0 Å².